The average molecular weight is 219 g/mol. The fourth-order valence-electron chi connectivity index (χ4n) is 1.60. The van der Waals surface area contributed by atoms with Crippen LogP contribution in [0.5, 0.6) is 11.5 Å². The van der Waals surface area contributed by atoms with Crippen LogP contribution in [0.15, 0.2) is 30.9 Å². The Balaban J connectivity index is 2.19. The zero-order valence-electron chi connectivity index (χ0n) is 9.10. The van der Waals surface area contributed by atoms with Gasteiger partial charge in [0.25, 0.3) is 0 Å². The molecule has 1 aromatic rings. The molecule has 1 aromatic carbocycles. The highest BCUT2D eigenvalue weighted by atomic mass is 16.7. The van der Waals surface area contributed by atoms with E-state index in [2.05, 4.69) is 6.58 Å². The SMILES string of the molecule is C=CC(=O)N(C)Cc1cccc2c1OCO2. The number of rotatable bonds is 3. The number of nitrogens with zero attached hydrogens (tertiary/aromatic N) is 1. The largest absolute Gasteiger partial charge is 0.454 e. The second-order valence-electron chi connectivity index (χ2n) is 3.55. The summed E-state index contributed by atoms with van der Waals surface area (Å²) in [5.74, 6) is 1.35. The number of amides is 1. The summed E-state index contributed by atoms with van der Waals surface area (Å²) in [6.07, 6.45) is 1.29. The number of carbonyl (C=O) groups is 1. The standard InChI is InChI=1S/C12H13NO3/c1-3-11(14)13(2)7-9-5-4-6-10-12(9)16-8-15-10/h3-6H,1,7-8H2,2H3. The van der Waals surface area contributed by atoms with Crippen molar-refractivity contribution in [2.24, 2.45) is 0 Å². The molecular formula is C12H13NO3. The van der Waals surface area contributed by atoms with E-state index in [0.717, 1.165) is 17.1 Å². The number of ether oxygens (including phenoxy) is 2. The summed E-state index contributed by atoms with van der Waals surface area (Å²) in [6.45, 7) is 4.17. The van der Waals surface area contributed by atoms with Gasteiger partial charge in [0.05, 0.1) is 0 Å². The molecule has 0 radical (unpaired) electrons. The molecular weight excluding hydrogens is 206 g/mol. The lowest BCUT2D eigenvalue weighted by atomic mass is 10.2. The van der Waals surface area contributed by atoms with E-state index in [0.29, 0.717) is 6.54 Å². The van der Waals surface area contributed by atoms with E-state index in [1.165, 1.54) is 6.08 Å². The zero-order valence-corrected chi connectivity index (χ0v) is 9.10. The molecule has 0 saturated carbocycles. The van der Waals surface area contributed by atoms with E-state index in [1.54, 1.807) is 11.9 Å². The van der Waals surface area contributed by atoms with Crippen LogP contribution in [0.4, 0.5) is 0 Å². The van der Waals surface area contributed by atoms with Crippen LogP contribution in [0, 0.1) is 0 Å². The van der Waals surface area contributed by atoms with Gasteiger partial charge in [-0.2, -0.15) is 0 Å². The maximum Gasteiger partial charge on any atom is 0.245 e. The predicted octanol–water partition coefficient (Wildman–Crippen LogP) is 1.56. The minimum Gasteiger partial charge on any atom is -0.454 e. The van der Waals surface area contributed by atoms with Gasteiger partial charge in [-0.3, -0.25) is 4.79 Å². The predicted molar refractivity (Wildman–Crippen MR) is 59.2 cm³/mol. The Morgan fingerprint density at radius 3 is 3.12 bits per heavy atom. The number of para-hydroxylation sites is 1. The first-order chi connectivity index (χ1) is 7.72. The minimum atomic E-state index is -0.114. The summed E-state index contributed by atoms with van der Waals surface area (Å²) >= 11 is 0. The average Bonchev–Trinajstić information content (AvgIpc) is 2.77. The fraction of sp³-hybridized carbons (Fsp3) is 0.250. The normalized spacial score (nSPS) is 12.3. The smallest absolute Gasteiger partial charge is 0.245 e. The van der Waals surface area contributed by atoms with Gasteiger partial charge in [0.1, 0.15) is 0 Å². The highest BCUT2D eigenvalue weighted by molar-refractivity contribution is 5.86. The molecule has 0 N–H and O–H groups in total. The molecule has 2 rings (SSSR count). The molecule has 0 bridgehead atoms. The summed E-state index contributed by atoms with van der Waals surface area (Å²) in [5.41, 5.74) is 0.938. The van der Waals surface area contributed by atoms with E-state index in [-0.39, 0.29) is 12.7 Å². The third kappa shape index (κ3) is 1.86. The number of likely N-dealkylation sites (N-methyl/N-ethyl adjacent to an activating group) is 1. The Morgan fingerprint density at radius 1 is 1.56 bits per heavy atom. The van der Waals surface area contributed by atoms with Crippen molar-refractivity contribution in [3.8, 4) is 11.5 Å². The van der Waals surface area contributed by atoms with Crippen molar-refractivity contribution in [2.75, 3.05) is 13.8 Å². The van der Waals surface area contributed by atoms with Crippen LogP contribution < -0.4 is 9.47 Å². The molecule has 1 heterocycles. The van der Waals surface area contributed by atoms with Crippen molar-refractivity contribution in [1.29, 1.82) is 0 Å². The summed E-state index contributed by atoms with van der Waals surface area (Å²) in [5, 5.41) is 0. The second kappa shape index (κ2) is 4.26. The Hall–Kier alpha value is -1.97. The van der Waals surface area contributed by atoms with Gasteiger partial charge in [-0.05, 0) is 12.1 Å². The van der Waals surface area contributed by atoms with Crippen LogP contribution in [0.25, 0.3) is 0 Å². The van der Waals surface area contributed by atoms with Gasteiger partial charge in [0, 0.05) is 19.2 Å². The van der Waals surface area contributed by atoms with Crippen molar-refractivity contribution in [2.45, 2.75) is 6.54 Å². The fourth-order valence-corrected chi connectivity index (χ4v) is 1.60. The van der Waals surface area contributed by atoms with Gasteiger partial charge in [-0.1, -0.05) is 18.7 Å². The molecule has 1 aliphatic heterocycles. The van der Waals surface area contributed by atoms with Gasteiger partial charge in [-0.15, -0.1) is 0 Å². The number of hydrogen-bond donors (Lipinski definition) is 0. The first kappa shape index (κ1) is 10.5. The lowest BCUT2D eigenvalue weighted by Crippen LogP contribution is -2.24. The van der Waals surface area contributed by atoms with E-state index < -0.39 is 0 Å². The Morgan fingerprint density at radius 2 is 2.38 bits per heavy atom. The summed E-state index contributed by atoms with van der Waals surface area (Å²) in [6, 6.07) is 5.65. The molecule has 0 fully saturated rings. The Kier molecular flexibility index (Phi) is 2.81. The Labute approximate surface area is 94.1 Å². The Bertz CT molecular complexity index is 428. The molecule has 0 atom stereocenters. The molecule has 1 amide bonds. The maximum absolute atomic E-state index is 11.4. The third-order valence-electron chi connectivity index (χ3n) is 2.44. The topological polar surface area (TPSA) is 38.8 Å². The van der Waals surface area contributed by atoms with Crippen molar-refractivity contribution < 1.29 is 14.3 Å². The summed E-state index contributed by atoms with van der Waals surface area (Å²) in [4.78, 5) is 12.9. The first-order valence-electron chi connectivity index (χ1n) is 4.97. The van der Waals surface area contributed by atoms with Crippen molar-refractivity contribution in [1.82, 2.24) is 4.90 Å². The molecule has 0 aliphatic carbocycles. The van der Waals surface area contributed by atoms with Gasteiger partial charge in [-0.25, -0.2) is 0 Å². The van der Waals surface area contributed by atoms with Crippen LogP contribution in [0.1, 0.15) is 5.56 Å². The van der Waals surface area contributed by atoms with Gasteiger partial charge < -0.3 is 14.4 Å². The van der Waals surface area contributed by atoms with Gasteiger partial charge in [0.2, 0.25) is 12.7 Å². The third-order valence-corrected chi connectivity index (χ3v) is 2.44. The molecule has 1 aliphatic rings. The zero-order chi connectivity index (χ0) is 11.5. The monoisotopic (exact) mass is 219 g/mol. The molecule has 0 spiro atoms. The van der Waals surface area contributed by atoms with Crippen LogP contribution in [0.3, 0.4) is 0 Å². The van der Waals surface area contributed by atoms with E-state index in [9.17, 15) is 4.79 Å². The van der Waals surface area contributed by atoms with Crippen LogP contribution in [-0.4, -0.2) is 24.6 Å². The molecule has 0 saturated heterocycles. The van der Waals surface area contributed by atoms with E-state index >= 15 is 0 Å². The number of benzene rings is 1. The minimum absolute atomic E-state index is 0.114. The number of hydrogen-bond acceptors (Lipinski definition) is 3. The molecule has 16 heavy (non-hydrogen) atoms. The second-order valence-corrected chi connectivity index (χ2v) is 3.55. The molecule has 84 valence electrons. The number of carbonyl (C=O) groups excluding carboxylic acids is 1. The van der Waals surface area contributed by atoms with Crippen molar-refractivity contribution >= 4 is 5.91 Å². The van der Waals surface area contributed by atoms with E-state index in [4.69, 9.17) is 9.47 Å². The summed E-state index contributed by atoms with van der Waals surface area (Å²) < 4.78 is 10.6. The molecule has 0 aromatic heterocycles. The van der Waals surface area contributed by atoms with Crippen molar-refractivity contribution in [3.63, 3.8) is 0 Å². The lowest BCUT2D eigenvalue weighted by molar-refractivity contribution is -0.125. The van der Waals surface area contributed by atoms with Crippen LogP contribution in [-0.2, 0) is 11.3 Å². The van der Waals surface area contributed by atoms with Crippen LogP contribution in [0.2, 0.25) is 0 Å². The van der Waals surface area contributed by atoms with Crippen LogP contribution >= 0.6 is 0 Å². The summed E-state index contributed by atoms with van der Waals surface area (Å²) in [7, 11) is 1.72. The lowest BCUT2D eigenvalue weighted by Gasteiger charge is -2.16. The molecule has 4 nitrogen and oxygen atoms in total. The van der Waals surface area contributed by atoms with Gasteiger partial charge in [0.15, 0.2) is 11.5 Å². The highest BCUT2D eigenvalue weighted by Crippen LogP contribution is 2.35. The highest BCUT2D eigenvalue weighted by Gasteiger charge is 2.18. The van der Waals surface area contributed by atoms with Crippen molar-refractivity contribution in [3.05, 3.63) is 36.4 Å². The molecule has 0 unspecified atom stereocenters. The molecule has 4 heteroatoms. The van der Waals surface area contributed by atoms with E-state index in [1.807, 2.05) is 18.2 Å². The maximum atomic E-state index is 11.4. The number of fused-ring (bicyclic) bond motifs is 1. The quantitative estimate of drug-likeness (QED) is 0.724. The van der Waals surface area contributed by atoms with Gasteiger partial charge >= 0.3 is 0 Å². The first-order valence-corrected chi connectivity index (χ1v) is 4.97.